The molecule has 1 rings (SSSR count). The minimum atomic E-state index is -0.839. The van der Waals surface area contributed by atoms with Crippen molar-refractivity contribution in [2.75, 3.05) is 6.61 Å². The first-order valence-electron chi connectivity index (χ1n) is 5.81. The monoisotopic (exact) mass is 243 g/mol. The summed E-state index contributed by atoms with van der Waals surface area (Å²) in [5.74, 6) is -1.20. The highest BCUT2D eigenvalue weighted by molar-refractivity contribution is 5.17. The predicted molar refractivity (Wildman–Crippen MR) is 63.5 cm³/mol. The molecule has 1 aromatic carbocycles. The molecule has 0 spiro atoms. The Morgan fingerprint density at radius 1 is 1.24 bits per heavy atom. The van der Waals surface area contributed by atoms with Crippen LogP contribution in [0.15, 0.2) is 18.2 Å². The molecule has 96 valence electrons. The molecule has 1 aromatic rings. The molecule has 0 saturated carbocycles. The summed E-state index contributed by atoms with van der Waals surface area (Å²) in [7, 11) is 0. The average molecular weight is 243 g/mol. The van der Waals surface area contributed by atoms with E-state index in [1.807, 2.05) is 0 Å². The van der Waals surface area contributed by atoms with Crippen LogP contribution in [0.4, 0.5) is 8.78 Å². The molecule has 0 radical (unpaired) electrons. The second kappa shape index (κ2) is 6.67. The van der Waals surface area contributed by atoms with E-state index in [-0.39, 0.29) is 12.6 Å². The van der Waals surface area contributed by atoms with Crippen LogP contribution in [0.2, 0.25) is 0 Å². The van der Waals surface area contributed by atoms with Crippen LogP contribution in [-0.2, 0) is 6.54 Å². The maximum Gasteiger partial charge on any atom is 0.159 e. The fourth-order valence-corrected chi connectivity index (χ4v) is 1.70. The highest BCUT2D eigenvalue weighted by Crippen LogP contribution is 2.10. The van der Waals surface area contributed by atoms with Crippen molar-refractivity contribution in [3.05, 3.63) is 35.4 Å². The average Bonchev–Trinajstić information content (AvgIpc) is 2.28. The van der Waals surface area contributed by atoms with E-state index in [1.54, 1.807) is 0 Å². The van der Waals surface area contributed by atoms with Gasteiger partial charge < -0.3 is 10.4 Å². The van der Waals surface area contributed by atoms with Gasteiger partial charge in [-0.05, 0) is 30.0 Å². The van der Waals surface area contributed by atoms with E-state index >= 15 is 0 Å². The fourth-order valence-electron chi connectivity index (χ4n) is 1.70. The first-order valence-corrected chi connectivity index (χ1v) is 5.81. The van der Waals surface area contributed by atoms with Gasteiger partial charge in [-0.3, -0.25) is 0 Å². The van der Waals surface area contributed by atoms with Gasteiger partial charge in [-0.25, -0.2) is 8.78 Å². The van der Waals surface area contributed by atoms with Crippen molar-refractivity contribution >= 4 is 0 Å². The lowest BCUT2D eigenvalue weighted by Crippen LogP contribution is -2.33. The Kier molecular flexibility index (Phi) is 5.51. The van der Waals surface area contributed by atoms with Gasteiger partial charge in [0.2, 0.25) is 0 Å². The number of halogens is 2. The van der Waals surface area contributed by atoms with Crippen LogP contribution in [0, 0.1) is 17.6 Å². The summed E-state index contributed by atoms with van der Waals surface area (Å²) in [6.07, 6.45) is 0.847. The fraction of sp³-hybridized carbons (Fsp3) is 0.538. The minimum Gasteiger partial charge on any atom is -0.395 e. The molecule has 17 heavy (non-hydrogen) atoms. The normalized spacial score (nSPS) is 13.1. The molecule has 0 aliphatic carbocycles. The van der Waals surface area contributed by atoms with Crippen LogP contribution in [0.5, 0.6) is 0 Å². The lowest BCUT2D eigenvalue weighted by Gasteiger charge is -2.18. The molecular formula is C13H19F2NO. The highest BCUT2D eigenvalue weighted by atomic mass is 19.2. The number of aliphatic hydroxyl groups is 1. The zero-order valence-electron chi connectivity index (χ0n) is 10.2. The Morgan fingerprint density at radius 2 is 1.94 bits per heavy atom. The Morgan fingerprint density at radius 3 is 2.47 bits per heavy atom. The van der Waals surface area contributed by atoms with Crippen molar-refractivity contribution in [1.82, 2.24) is 5.32 Å². The number of aliphatic hydroxyl groups excluding tert-OH is 1. The van der Waals surface area contributed by atoms with Crippen molar-refractivity contribution in [3.63, 3.8) is 0 Å². The molecule has 0 aliphatic heterocycles. The van der Waals surface area contributed by atoms with Gasteiger partial charge >= 0.3 is 0 Å². The lowest BCUT2D eigenvalue weighted by molar-refractivity contribution is 0.223. The van der Waals surface area contributed by atoms with Crippen molar-refractivity contribution < 1.29 is 13.9 Å². The van der Waals surface area contributed by atoms with Crippen molar-refractivity contribution in [3.8, 4) is 0 Å². The van der Waals surface area contributed by atoms with Gasteiger partial charge in [0.1, 0.15) is 0 Å². The largest absolute Gasteiger partial charge is 0.395 e. The number of hydrogen-bond donors (Lipinski definition) is 2. The zero-order chi connectivity index (χ0) is 12.8. The highest BCUT2D eigenvalue weighted by Gasteiger charge is 2.09. The van der Waals surface area contributed by atoms with Gasteiger partial charge in [0.15, 0.2) is 11.6 Å². The smallest absolute Gasteiger partial charge is 0.159 e. The number of benzene rings is 1. The summed E-state index contributed by atoms with van der Waals surface area (Å²) in [6, 6.07) is 3.81. The van der Waals surface area contributed by atoms with Crippen molar-refractivity contribution in [2.45, 2.75) is 32.9 Å². The van der Waals surface area contributed by atoms with E-state index in [4.69, 9.17) is 5.11 Å². The quantitative estimate of drug-likeness (QED) is 0.804. The van der Waals surface area contributed by atoms with Crippen LogP contribution < -0.4 is 5.32 Å². The molecular weight excluding hydrogens is 224 g/mol. The van der Waals surface area contributed by atoms with Gasteiger partial charge in [-0.2, -0.15) is 0 Å². The Hall–Kier alpha value is -1.00. The summed E-state index contributed by atoms with van der Waals surface area (Å²) < 4.78 is 25.6. The van der Waals surface area contributed by atoms with Crippen molar-refractivity contribution in [2.24, 2.45) is 5.92 Å². The van der Waals surface area contributed by atoms with Gasteiger partial charge in [-0.1, -0.05) is 19.9 Å². The third-order valence-electron chi connectivity index (χ3n) is 2.56. The van der Waals surface area contributed by atoms with Gasteiger partial charge in [0.25, 0.3) is 0 Å². The maximum absolute atomic E-state index is 12.9. The molecule has 4 heteroatoms. The summed E-state index contributed by atoms with van der Waals surface area (Å²) in [4.78, 5) is 0. The molecule has 0 bridgehead atoms. The third kappa shape index (κ3) is 4.79. The van der Waals surface area contributed by atoms with Gasteiger partial charge in [0.05, 0.1) is 6.61 Å². The number of hydrogen-bond acceptors (Lipinski definition) is 2. The molecule has 0 heterocycles. The van der Waals surface area contributed by atoms with E-state index in [9.17, 15) is 8.78 Å². The SMILES string of the molecule is CC(C)CC(CO)NCc1ccc(F)c(F)c1. The lowest BCUT2D eigenvalue weighted by atomic mass is 10.0. The Labute approximate surface area is 101 Å². The van der Waals surface area contributed by atoms with Crippen LogP contribution >= 0.6 is 0 Å². The minimum absolute atomic E-state index is 0.0110. The molecule has 2 N–H and O–H groups in total. The second-order valence-electron chi connectivity index (χ2n) is 4.64. The summed E-state index contributed by atoms with van der Waals surface area (Å²) in [5, 5.41) is 12.3. The Bertz CT molecular complexity index is 355. The first-order chi connectivity index (χ1) is 8.02. The first kappa shape index (κ1) is 14.1. The maximum atomic E-state index is 12.9. The molecule has 1 unspecified atom stereocenters. The summed E-state index contributed by atoms with van der Waals surface area (Å²) in [6.45, 7) is 4.61. The molecule has 0 fully saturated rings. The molecule has 0 amide bonds. The number of nitrogens with one attached hydrogen (secondary N) is 1. The standard InChI is InChI=1S/C13H19F2NO/c1-9(2)5-11(8-17)16-7-10-3-4-12(14)13(15)6-10/h3-4,6,9,11,16-17H,5,7-8H2,1-2H3. The molecule has 0 aromatic heterocycles. The third-order valence-corrected chi connectivity index (χ3v) is 2.56. The van der Waals surface area contributed by atoms with Crippen LogP contribution in [0.3, 0.4) is 0 Å². The molecule has 1 atom stereocenters. The van der Waals surface area contributed by atoms with E-state index in [1.165, 1.54) is 12.1 Å². The van der Waals surface area contributed by atoms with E-state index in [0.717, 1.165) is 12.5 Å². The van der Waals surface area contributed by atoms with Crippen LogP contribution in [0.1, 0.15) is 25.8 Å². The number of rotatable bonds is 6. The molecule has 0 saturated heterocycles. The predicted octanol–water partition coefficient (Wildman–Crippen LogP) is 2.46. The topological polar surface area (TPSA) is 32.3 Å². The summed E-state index contributed by atoms with van der Waals surface area (Å²) >= 11 is 0. The molecule has 2 nitrogen and oxygen atoms in total. The van der Waals surface area contributed by atoms with Crippen molar-refractivity contribution in [1.29, 1.82) is 0 Å². The summed E-state index contributed by atoms with van der Waals surface area (Å²) in [5.41, 5.74) is 0.672. The van der Waals surface area contributed by atoms with E-state index in [2.05, 4.69) is 19.2 Å². The zero-order valence-corrected chi connectivity index (χ0v) is 10.2. The van der Waals surface area contributed by atoms with E-state index < -0.39 is 11.6 Å². The van der Waals surface area contributed by atoms with Gasteiger partial charge in [0, 0.05) is 12.6 Å². The molecule has 0 aliphatic rings. The van der Waals surface area contributed by atoms with Crippen LogP contribution in [-0.4, -0.2) is 17.8 Å². The van der Waals surface area contributed by atoms with E-state index in [0.29, 0.717) is 18.0 Å². The Balaban J connectivity index is 2.50. The second-order valence-corrected chi connectivity index (χ2v) is 4.64. The van der Waals surface area contributed by atoms with Crippen LogP contribution in [0.25, 0.3) is 0 Å². The van der Waals surface area contributed by atoms with Gasteiger partial charge in [-0.15, -0.1) is 0 Å².